The molecule has 0 aromatic heterocycles. The van der Waals surface area contributed by atoms with Gasteiger partial charge in [0.05, 0.1) is 6.61 Å². The number of rotatable bonds is 32. The highest BCUT2D eigenvalue weighted by Gasteiger charge is 2.51. The lowest BCUT2D eigenvalue weighted by Crippen LogP contribution is -2.64. The fourth-order valence-electron chi connectivity index (χ4n) is 5.86. The molecule has 1 saturated carbocycles. The number of ether oxygens (including phenoxy) is 2. The fourth-order valence-corrected chi connectivity index (χ4v) is 6.84. The number of aliphatic hydroxyl groups excluding tert-OH is 5. The van der Waals surface area contributed by atoms with Crippen LogP contribution < -0.4 is 0 Å². The Morgan fingerprint density at radius 1 is 0.582 bits per heavy atom. The van der Waals surface area contributed by atoms with Crippen molar-refractivity contribution in [2.75, 3.05) is 13.2 Å². The third kappa shape index (κ3) is 24.9. The topological polar surface area (TPSA) is 210 Å². The zero-order chi connectivity index (χ0) is 40.7. The van der Waals surface area contributed by atoms with Gasteiger partial charge in [0, 0.05) is 12.8 Å². The second-order valence-electron chi connectivity index (χ2n) is 14.1. The first kappa shape index (κ1) is 50.8. The molecule has 0 bridgehead atoms. The predicted octanol–water partition coefficient (Wildman–Crippen LogP) is 6.83. The van der Waals surface area contributed by atoms with E-state index in [-0.39, 0.29) is 12.8 Å². The van der Waals surface area contributed by atoms with Crippen molar-refractivity contribution >= 4 is 19.8 Å². The standard InChI is InChI=1S/C41H71O13P/c1-3-5-7-9-11-13-14-15-16-17-18-19-20-22-24-26-28-30-35(43)53-33(31-51-34(42)29-27-25-23-21-12-10-8-6-4-2)32-52-55(49,50)54-41-39(47)37(45)36(44)38(46)40(41)48/h5,7,11,13,15-16,18-19,33,36-41,44-48H,3-4,6,8-10,12,14,17,20-32H2,1-2H3,(H,49,50)/b7-5-,13-11-,16-15-,19-18-. The molecular weight excluding hydrogens is 731 g/mol. The van der Waals surface area contributed by atoms with Crippen molar-refractivity contribution in [2.24, 2.45) is 0 Å². The number of carbonyl (C=O) groups is 2. The zero-order valence-electron chi connectivity index (χ0n) is 33.2. The van der Waals surface area contributed by atoms with E-state index in [4.69, 9.17) is 18.5 Å². The molecule has 0 heterocycles. The molecule has 0 saturated heterocycles. The van der Waals surface area contributed by atoms with E-state index in [1.807, 2.05) is 0 Å². The number of allylic oxidation sites excluding steroid dienone is 8. The number of hydrogen-bond acceptors (Lipinski definition) is 12. The second kappa shape index (κ2) is 31.8. The van der Waals surface area contributed by atoms with Crippen molar-refractivity contribution < 1.29 is 63.1 Å². The van der Waals surface area contributed by atoms with E-state index >= 15 is 0 Å². The first-order valence-corrected chi connectivity index (χ1v) is 21.9. The molecule has 1 rings (SSSR count). The number of carbonyl (C=O) groups excluding carboxylic acids is 2. The first-order chi connectivity index (χ1) is 26.4. The molecule has 0 aliphatic heterocycles. The van der Waals surface area contributed by atoms with Gasteiger partial charge in [-0.05, 0) is 51.4 Å². The van der Waals surface area contributed by atoms with Gasteiger partial charge >= 0.3 is 19.8 Å². The van der Waals surface area contributed by atoms with Gasteiger partial charge in [0.1, 0.15) is 43.2 Å². The largest absolute Gasteiger partial charge is 0.472 e. The molecule has 1 aliphatic rings. The van der Waals surface area contributed by atoms with Crippen LogP contribution in [0.4, 0.5) is 0 Å². The van der Waals surface area contributed by atoms with Crippen LogP contribution in [0.25, 0.3) is 0 Å². The summed E-state index contributed by atoms with van der Waals surface area (Å²) in [6.45, 7) is 3.11. The molecule has 1 aliphatic carbocycles. The highest BCUT2D eigenvalue weighted by Crippen LogP contribution is 2.47. The Hall–Kier alpha value is -2.19. The molecule has 0 amide bonds. The molecule has 6 atom stereocenters. The highest BCUT2D eigenvalue weighted by molar-refractivity contribution is 7.47. The first-order valence-electron chi connectivity index (χ1n) is 20.4. The maximum absolute atomic E-state index is 12.7. The monoisotopic (exact) mass is 802 g/mol. The normalized spacial score (nSPS) is 23.6. The number of esters is 2. The van der Waals surface area contributed by atoms with Crippen LogP contribution in [-0.4, -0.2) is 98.3 Å². The SMILES string of the molecule is CC/C=C\C/C=C\C/C=C\C/C=C\CCCCCCC(=O)OC(COC(=O)CCCCCCCCCCC)COP(=O)(O)OC1C(O)C(O)C(O)C(O)C1O. The summed E-state index contributed by atoms with van der Waals surface area (Å²) >= 11 is 0. The Kier molecular flexibility index (Phi) is 29.4. The van der Waals surface area contributed by atoms with Gasteiger partial charge in [-0.15, -0.1) is 0 Å². The minimum Gasteiger partial charge on any atom is -0.462 e. The fraction of sp³-hybridized carbons (Fsp3) is 0.756. The third-order valence-corrected chi connectivity index (χ3v) is 10.2. The van der Waals surface area contributed by atoms with Crippen LogP contribution in [0.5, 0.6) is 0 Å². The summed E-state index contributed by atoms with van der Waals surface area (Å²) in [5.41, 5.74) is 0. The van der Waals surface area contributed by atoms with Crippen molar-refractivity contribution in [1.29, 1.82) is 0 Å². The van der Waals surface area contributed by atoms with E-state index in [0.717, 1.165) is 70.6 Å². The molecule has 0 spiro atoms. The van der Waals surface area contributed by atoms with Crippen molar-refractivity contribution in [3.05, 3.63) is 48.6 Å². The molecular formula is C41H71O13P. The Morgan fingerprint density at radius 2 is 1.04 bits per heavy atom. The maximum atomic E-state index is 12.7. The van der Waals surface area contributed by atoms with Gasteiger partial charge < -0.3 is 39.9 Å². The Bertz CT molecular complexity index is 1160. The third-order valence-electron chi connectivity index (χ3n) is 9.18. The quantitative estimate of drug-likeness (QED) is 0.0179. The van der Waals surface area contributed by atoms with Gasteiger partial charge in [-0.3, -0.25) is 18.6 Å². The van der Waals surface area contributed by atoms with Gasteiger partial charge in [0.25, 0.3) is 0 Å². The molecule has 13 nitrogen and oxygen atoms in total. The summed E-state index contributed by atoms with van der Waals surface area (Å²) in [6.07, 6.45) is 21.9. The van der Waals surface area contributed by atoms with E-state index in [0.29, 0.717) is 12.8 Å². The predicted molar refractivity (Wildman–Crippen MR) is 212 cm³/mol. The number of aliphatic hydroxyl groups is 5. The van der Waals surface area contributed by atoms with E-state index in [1.54, 1.807) is 0 Å². The number of unbranched alkanes of at least 4 members (excludes halogenated alkanes) is 12. The smallest absolute Gasteiger partial charge is 0.462 e. The number of phosphoric ester groups is 1. The van der Waals surface area contributed by atoms with Crippen LogP contribution in [0.15, 0.2) is 48.6 Å². The van der Waals surface area contributed by atoms with Gasteiger partial charge in [0.15, 0.2) is 6.10 Å². The van der Waals surface area contributed by atoms with Crippen molar-refractivity contribution in [3.63, 3.8) is 0 Å². The summed E-state index contributed by atoms with van der Waals surface area (Å²) in [4.78, 5) is 35.5. The molecule has 14 heteroatoms. The zero-order valence-corrected chi connectivity index (χ0v) is 34.1. The summed E-state index contributed by atoms with van der Waals surface area (Å²) in [6, 6.07) is 0. The van der Waals surface area contributed by atoms with Gasteiger partial charge in [0.2, 0.25) is 0 Å². The molecule has 0 aromatic rings. The Morgan fingerprint density at radius 3 is 1.58 bits per heavy atom. The minimum atomic E-state index is -5.12. The van der Waals surface area contributed by atoms with Crippen molar-refractivity contribution in [2.45, 2.75) is 185 Å². The summed E-state index contributed by atoms with van der Waals surface area (Å²) < 4.78 is 33.3. The molecule has 318 valence electrons. The van der Waals surface area contributed by atoms with Gasteiger partial charge in [-0.25, -0.2) is 4.57 Å². The van der Waals surface area contributed by atoms with Gasteiger partial charge in [-0.1, -0.05) is 127 Å². The molecule has 55 heavy (non-hydrogen) atoms. The average Bonchev–Trinajstić information content (AvgIpc) is 3.16. The average molecular weight is 803 g/mol. The number of phosphoric acid groups is 1. The molecule has 1 fully saturated rings. The molecule has 0 aromatic carbocycles. The molecule has 0 radical (unpaired) electrons. The second-order valence-corrected chi connectivity index (χ2v) is 15.5. The van der Waals surface area contributed by atoms with E-state index in [9.17, 15) is 44.6 Å². The van der Waals surface area contributed by atoms with E-state index in [2.05, 4.69) is 62.5 Å². The van der Waals surface area contributed by atoms with Gasteiger partial charge in [-0.2, -0.15) is 0 Å². The van der Waals surface area contributed by atoms with Crippen LogP contribution in [-0.2, 0) is 32.7 Å². The minimum absolute atomic E-state index is 0.0682. The number of hydrogen-bond donors (Lipinski definition) is 6. The van der Waals surface area contributed by atoms with Crippen LogP contribution in [0.3, 0.4) is 0 Å². The lowest BCUT2D eigenvalue weighted by Gasteiger charge is -2.41. The summed E-state index contributed by atoms with van der Waals surface area (Å²) in [7, 11) is -5.12. The van der Waals surface area contributed by atoms with Crippen LogP contribution >= 0.6 is 7.82 Å². The van der Waals surface area contributed by atoms with Crippen LogP contribution in [0, 0.1) is 0 Å². The van der Waals surface area contributed by atoms with E-state index in [1.165, 1.54) is 32.1 Å². The van der Waals surface area contributed by atoms with Crippen LogP contribution in [0.1, 0.15) is 142 Å². The maximum Gasteiger partial charge on any atom is 0.472 e. The summed E-state index contributed by atoms with van der Waals surface area (Å²) in [5, 5.41) is 49.9. The Balaban J connectivity index is 2.53. The lowest BCUT2D eigenvalue weighted by atomic mass is 9.85. The lowest BCUT2D eigenvalue weighted by molar-refractivity contribution is -0.220. The molecule has 6 N–H and O–H groups in total. The highest BCUT2D eigenvalue weighted by atomic mass is 31.2. The van der Waals surface area contributed by atoms with Crippen molar-refractivity contribution in [1.82, 2.24) is 0 Å². The summed E-state index contributed by atoms with van der Waals surface area (Å²) in [5.74, 6) is -1.13. The van der Waals surface area contributed by atoms with Crippen molar-refractivity contribution in [3.8, 4) is 0 Å². The van der Waals surface area contributed by atoms with E-state index < -0.39 is 75.7 Å². The van der Waals surface area contributed by atoms with Crippen LogP contribution in [0.2, 0.25) is 0 Å². The Labute approximate surface area is 329 Å². The molecule has 6 unspecified atom stereocenters.